The largest absolute Gasteiger partial charge is 0.444 e. The highest BCUT2D eigenvalue weighted by Crippen LogP contribution is 2.22. The quantitative estimate of drug-likeness (QED) is 0.416. The van der Waals surface area contributed by atoms with Gasteiger partial charge < -0.3 is 9.64 Å². The van der Waals surface area contributed by atoms with Crippen molar-refractivity contribution < 1.29 is 24.0 Å². The van der Waals surface area contributed by atoms with Crippen molar-refractivity contribution in [3.63, 3.8) is 0 Å². The second-order valence-corrected chi connectivity index (χ2v) is 7.94. The van der Waals surface area contributed by atoms with Crippen LogP contribution in [-0.4, -0.2) is 46.2 Å². The highest BCUT2D eigenvalue weighted by Gasteiger charge is 2.29. The van der Waals surface area contributed by atoms with Gasteiger partial charge in [0.2, 0.25) is 0 Å². The van der Waals surface area contributed by atoms with Gasteiger partial charge in [0.15, 0.2) is 5.78 Å². The van der Waals surface area contributed by atoms with E-state index in [0.29, 0.717) is 31.5 Å². The number of nitro benzene ring substituents is 1. The molecule has 2 rings (SSSR count). The first-order valence-electron chi connectivity index (χ1n) is 9.35. The number of hydrogen-bond donors (Lipinski definition) is 0. The molecule has 0 unspecified atom stereocenters. The van der Waals surface area contributed by atoms with Crippen LogP contribution in [0.5, 0.6) is 0 Å². The molecule has 0 bridgehead atoms. The third-order valence-electron chi connectivity index (χ3n) is 4.60. The first kappa shape index (κ1) is 21.5. The highest BCUT2D eigenvalue weighted by molar-refractivity contribution is 5.98. The average molecular weight is 390 g/mol. The van der Waals surface area contributed by atoms with Gasteiger partial charge in [0.1, 0.15) is 11.4 Å². The molecule has 152 valence electrons. The summed E-state index contributed by atoms with van der Waals surface area (Å²) in [7, 11) is 0. The number of ether oxygens (including phenoxy) is 1. The Bertz CT molecular complexity index is 743. The van der Waals surface area contributed by atoms with E-state index in [1.54, 1.807) is 4.90 Å². The van der Waals surface area contributed by atoms with Gasteiger partial charge in [0.25, 0.3) is 5.69 Å². The number of hydrogen-bond acceptors (Lipinski definition) is 6. The van der Waals surface area contributed by atoms with Crippen LogP contribution in [0.4, 0.5) is 10.5 Å². The lowest BCUT2D eigenvalue weighted by atomic mass is 9.89. The van der Waals surface area contributed by atoms with E-state index in [4.69, 9.17) is 4.74 Å². The number of nitrogens with zero attached hydrogens (tertiary/aromatic N) is 2. The first-order valence-corrected chi connectivity index (χ1v) is 9.35. The van der Waals surface area contributed by atoms with Crippen LogP contribution < -0.4 is 0 Å². The molecular weight excluding hydrogens is 364 g/mol. The number of piperidine rings is 1. The van der Waals surface area contributed by atoms with E-state index in [9.17, 15) is 24.5 Å². The number of benzene rings is 1. The summed E-state index contributed by atoms with van der Waals surface area (Å²) in [5.74, 6) is -0.364. The summed E-state index contributed by atoms with van der Waals surface area (Å²) in [4.78, 5) is 48.4. The van der Waals surface area contributed by atoms with Gasteiger partial charge >= 0.3 is 6.09 Å². The Morgan fingerprint density at radius 1 is 1.11 bits per heavy atom. The standard InChI is InChI=1S/C20H26N2O6/c1-20(2,3)28-19(25)21-12-10-15(11-13-21)18(24)9-8-17(23)14-4-6-16(7-5-14)22(26)27/h4-7,15H,8-13H2,1-3H3. The zero-order valence-corrected chi connectivity index (χ0v) is 16.5. The number of ketones is 2. The fourth-order valence-corrected chi connectivity index (χ4v) is 3.06. The lowest BCUT2D eigenvalue weighted by Crippen LogP contribution is -2.43. The molecule has 8 heteroatoms. The van der Waals surface area contributed by atoms with Gasteiger partial charge in [0, 0.05) is 49.5 Å². The Labute approximate surface area is 164 Å². The van der Waals surface area contributed by atoms with E-state index in [1.165, 1.54) is 24.3 Å². The minimum absolute atomic E-state index is 0.0131. The maximum Gasteiger partial charge on any atom is 0.410 e. The summed E-state index contributed by atoms with van der Waals surface area (Å²) in [5.41, 5.74) is -0.273. The van der Waals surface area contributed by atoms with Crippen molar-refractivity contribution in [1.82, 2.24) is 4.90 Å². The van der Waals surface area contributed by atoms with Crippen molar-refractivity contribution in [2.24, 2.45) is 5.92 Å². The molecule has 0 saturated carbocycles. The molecule has 1 amide bonds. The van der Waals surface area contributed by atoms with E-state index in [2.05, 4.69) is 0 Å². The van der Waals surface area contributed by atoms with Crippen LogP contribution in [0.15, 0.2) is 24.3 Å². The maximum absolute atomic E-state index is 12.4. The summed E-state index contributed by atoms with van der Waals surface area (Å²) in [6.07, 6.45) is 0.954. The molecule has 0 spiro atoms. The van der Waals surface area contributed by atoms with Gasteiger partial charge in [-0.25, -0.2) is 4.79 Å². The van der Waals surface area contributed by atoms with Crippen molar-refractivity contribution in [2.75, 3.05) is 13.1 Å². The molecule has 1 fully saturated rings. The normalized spacial score (nSPS) is 15.2. The maximum atomic E-state index is 12.4. The van der Waals surface area contributed by atoms with Crippen LogP contribution >= 0.6 is 0 Å². The van der Waals surface area contributed by atoms with Crippen molar-refractivity contribution in [1.29, 1.82) is 0 Å². The Morgan fingerprint density at radius 2 is 1.68 bits per heavy atom. The second kappa shape index (κ2) is 8.95. The lowest BCUT2D eigenvalue weighted by molar-refractivity contribution is -0.384. The number of carbonyl (C=O) groups is 3. The molecule has 28 heavy (non-hydrogen) atoms. The zero-order valence-electron chi connectivity index (χ0n) is 16.5. The molecule has 0 radical (unpaired) electrons. The van der Waals surface area contributed by atoms with Gasteiger partial charge in [-0.1, -0.05) is 0 Å². The molecule has 1 heterocycles. The third kappa shape index (κ3) is 6.14. The van der Waals surface area contributed by atoms with Crippen molar-refractivity contribution in [3.05, 3.63) is 39.9 Å². The molecule has 0 aromatic heterocycles. The van der Waals surface area contributed by atoms with E-state index >= 15 is 0 Å². The fourth-order valence-electron chi connectivity index (χ4n) is 3.06. The van der Waals surface area contributed by atoms with E-state index in [0.717, 1.165) is 0 Å². The van der Waals surface area contributed by atoms with Gasteiger partial charge in [-0.05, 0) is 45.7 Å². The number of likely N-dealkylation sites (tertiary alicyclic amines) is 1. The Hall–Kier alpha value is -2.77. The number of Topliss-reactive ketones (excluding diaryl/α,β-unsaturated/α-hetero) is 2. The molecule has 1 aromatic carbocycles. The molecule has 0 atom stereocenters. The van der Waals surface area contributed by atoms with Crippen molar-refractivity contribution >= 4 is 23.3 Å². The molecule has 8 nitrogen and oxygen atoms in total. The Kier molecular flexibility index (Phi) is 6.88. The smallest absolute Gasteiger partial charge is 0.410 e. The SMILES string of the molecule is CC(C)(C)OC(=O)N1CCC(C(=O)CCC(=O)c2ccc([N+](=O)[O-])cc2)CC1. The first-order chi connectivity index (χ1) is 13.1. The molecule has 1 aliphatic rings. The molecule has 1 aromatic rings. The van der Waals surface area contributed by atoms with Gasteiger partial charge in [0.05, 0.1) is 4.92 Å². The Morgan fingerprint density at radius 3 is 2.18 bits per heavy atom. The summed E-state index contributed by atoms with van der Waals surface area (Å²) in [6, 6.07) is 5.37. The summed E-state index contributed by atoms with van der Waals surface area (Å²) in [5, 5.41) is 10.6. The highest BCUT2D eigenvalue weighted by atomic mass is 16.6. The predicted molar refractivity (Wildman–Crippen MR) is 102 cm³/mol. The molecule has 0 N–H and O–H groups in total. The van der Waals surface area contributed by atoms with Crippen LogP contribution in [0.1, 0.15) is 56.8 Å². The van der Waals surface area contributed by atoms with Crippen LogP contribution in [0, 0.1) is 16.0 Å². The summed E-state index contributed by atoms with van der Waals surface area (Å²) in [6.45, 7) is 6.35. The zero-order chi connectivity index (χ0) is 20.9. The minimum atomic E-state index is -0.554. The van der Waals surface area contributed by atoms with Crippen molar-refractivity contribution in [2.45, 2.75) is 52.1 Å². The number of non-ortho nitro benzene ring substituents is 1. The predicted octanol–water partition coefficient (Wildman–Crippen LogP) is 3.77. The van der Waals surface area contributed by atoms with Crippen LogP contribution in [0.3, 0.4) is 0 Å². The summed E-state index contributed by atoms with van der Waals surface area (Å²) >= 11 is 0. The lowest BCUT2D eigenvalue weighted by Gasteiger charge is -2.32. The second-order valence-electron chi connectivity index (χ2n) is 7.94. The number of amides is 1. The third-order valence-corrected chi connectivity index (χ3v) is 4.60. The van der Waals surface area contributed by atoms with Crippen molar-refractivity contribution in [3.8, 4) is 0 Å². The van der Waals surface area contributed by atoms with Crippen LogP contribution in [0.25, 0.3) is 0 Å². The minimum Gasteiger partial charge on any atom is -0.444 e. The number of carbonyl (C=O) groups excluding carboxylic acids is 3. The van der Waals surface area contributed by atoms with E-state index in [-0.39, 0.29) is 42.1 Å². The summed E-state index contributed by atoms with van der Waals surface area (Å²) < 4.78 is 5.34. The molecular formula is C20H26N2O6. The Balaban J connectivity index is 1.79. The fraction of sp³-hybridized carbons (Fsp3) is 0.550. The van der Waals surface area contributed by atoms with Gasteiger partial charge in [-0.2, -0.15) is 0 Å². The van der Waals surface area contributed by atoms with Gasteiger partial charge in [-0.15, -0.1) is 0 Å². The van der Waals surface area contributed by atoms with Crippen LogP contribution in [0.2, 0.25) is 0 Å². The topological polar surface area (TPSA) is 107 Å². The molecule has 1 aliphatic heterocycles. The van der Waals surface area contributed by atoms with Gasteiger partial charge in [-0.3, -0.25) is 19.7 Å². The monoisotopic (exact) mass is 390 g/mol. The van der Waals surface area contributed by atoms with E-state index < -0.39 is 10.5 Å². The van der Waals surface area contributed by atoms with E-state index in [1.807, 2.05) is 20.8 Å². The average Bonchev–Trinajstić information content (AvgIpc) is 2.64. The number of rotatable bonds is 6. The number of nitro groups is 1. The molecule has 1 saturated heterocycles. The molecule has 0 aliphatic carbocycles. The van der Waals surface area contributed by atoms with Crippen LogP contribution in [-0.2, 0) is 9.53 Å².